The van der Waals surface area contributed by atoms with Crippen LogP contribution in [0.4, 0.5) is 0 Å². The normalized spacial score (nSPS) is 12.6. The van der Waals surface area contributed by atoms with Crippen LogP contribution in [0.5, 0.6) is 0 Å². The molecule has 4 heteroatoms. The van der Waals surface area contributed by atoms with Crippen LogP contribution in [0.25, 0.3) is 0 Å². The second kappa shape index (κ2) is 6.28. The zero-order valence-corrected chi connectivity index (χ0v) is 12.1. The molecule has 0 aromatic carbocycles. The van der Waals surface area contributed by atoms with Gasteiger partial charge in [-0.3, -0.25) is 4.98 Å². The van der Waals surface area contributed by atoms with E-state index in [1.165, 1.54) is 8.66 Å². The number of hydrogen-bond acceptors (Lipinski definition) is 3. The molecule has 0 aliphatic rings. The second-order valence-corrected chi connectivity index (χ2v) is 6.47. The predicted molar refractivity (Wildman–Crippen MR) is 76.5 cm³/mol. The third-order valence-corrected chi connectivity index (χ3v) is 4.31. The maximum absolute atomic E-state index is 4.37. The highest BCUT2D eigenvalue weighted by Crippen LogP contribution is 2.23. The molecule has 1 unspecified atom stereocenters. The summed E-state index contributed by atoms with van der Waals surface area (Å²) >= 11 is 5.29. The van der Waals surface area contributed by atoms with Gasteiger partial charge in [-0.15, -0.1) is 11.3 Å². The van der Waals surface area contributed by atoms with Gasteiger partial charge in [0, 0.05) is 29.2 Å². The number of thiophene rings is 1. The molecule has 2 rings (SSSR count). The lowest BCUT2D eigenvalue weighted by molar-refractivity contribution is 0.554. The Labute approximate surface area is 114 Å². The summed E-state index contributed by atoms with van der Waals surface area (Å²) in [4.78, 5) is 5.76. The maximum Gasteiger partial charge on any atom is 0.0701 e. The summed E-state index contributed by atoms with van der Waals surface area (Å²) in [5.74, 6) is 0. The van der Waals surface area contributed by atoms with E-state index in [0.717, 1.165) is 18.5 Å². The number of nitrogens with zero attached hydrogens (tertiary/aromatic N) is 1. The van der Waals surface area contributed by atoms with Crippen LogP contribution in [0.2, 0.25) is 0 Å². The van der Waals surface area contributed by atoms with E-state index < -0.39 is 0 Å². The molecule has 2 aromatic rings. The molecule has 0 aliphatic heterocycles. The fourth-order valence-electron chi connectivity index (χ4n) is 1.75. The molecule has 2 aromatic heterocycles. The maximum atomic E-state index is 4.37. The Bertz CT molecular complexity index is 455. The number of halogens is 1. The molecule has 0 bridgehead atoms. The van der Waals surface area contributed by atoms with Crippen LogP contribution < -0.4 is 5.32 Å². The second-order valence-electron chi connectivity index (χ2n) is 3.92. The quantitative estimate of drug-likeness (QED) is 0.916. The lowest BCUT2D eigenvalue weighted by Gasteiger charge is -2.14. The largest absolute Gasteiger partial charge is 0.316 e. The average Bonchev–Trinajstić information content (AvgIpc) is 2.75. The van der Waals surface area contributed by atoms with Crippen LogP contribution in [-0.4, -0.2) is 18.1 Å². The van der Waals surface area contributed by atoms with E-state index in [0.29, 0.717) is 6.04 Å². The van der Waals surface area contributed by atoms with E-state index in [-0.39, 0.29) is 0 Å². The van der Waals surface area contributed by atoms with Crippen LogP contribution in [0.1, 0.15) is 10.6 Å². The van der Waals surface area contributed by atoms with Gasteiger partial charge in [-0.25, -0.2) is 0 Å². The van der Waals surface area contributed by atoms with Gasteiger partial charge < -0.3 is 5.32 Å². The van der Waals surface area contributed by atoms with Gasteiger partial charge >= 0.3 is 0 Å². The molecule has 1 atom stereocenters. The van der Waals surface area contributed by atoms with Gasteiger partial charge in [0.25, 0.3) is 0 Å². The summed E-state index contributed by atoms with van der Waals surface area (Å²) in [5.41, 5.74) is 1.14. The van der Waals surface area contributed by atoms with E-state index in [1.807, 2.05) is 25.4 Å². The third-order valence-electron chi connectivity index (χ3n) is 2.67. The SMILES string of the molecule is CNC(Cc1ccccn1)Cc1ccc(Br)s1. The molecule has 0 saturated carbocycles. The molecule has 2 nitrogen and oxygen atoms in total. The lowest BCUT2D eigenvalue weighted by Crippen LogP contribution is -2.29. The molecule has 0 radical (unpaired) electrons. The van der Waals surface area contributed by atoms with Crippen molar-refractivity contribution in [2.45, 2.75) is 18.9 Å². The Hall–Kier alpha value is -0.710. The first-order chi connectivity index (χ1) is 8.28. The molecule has 17 heavy (non-hydrogen) atoms. The van der Waals surface area contributed by atoms with Crippen LogP contribution in [0.3, 0.4) is 0 Å². The van der Waals surface area contributed by atoms with E-state index in [1.54, 1.807) is 11.3 Å². The first-order valence-corrected chi connectivity index (χ1v) is 7.20. The number of rotatable bonds is 5. The Morgan fingerprint density at radius 1 is 1.29 bits per heavy atom. The molecule has 0 saturated heterocycles. The van der Waals surface area contributed by atoms with Crippen molar-refractivity contribution in [1.29, 1.82) is 0 Å². The Balaban J connectivity index is 1.98. The molecule has 1 N–H and O–H groups in total. The zero-order chi connectivity index (χ0) is 12.1. The Kier molecular flexibility index (Phi) is 4.71. The number of aromatic nitrogens is 1. The van der Waals surface area contributed by atoms with Gasteiger partial charge in [0.2, 0.25) is 0 Å². The molecular weight excluding hydrogens is 296 g/mol. The topological polar surface area (TPSA) is 24.9 Å². The number of likely N-dealkylation sites (N-methyl/N-ethyl adjacent to an activating group) is 1. The van der Waals surface area contributed by atoms with E-state index in [9.17, 15) is 0 Å². The van der Waals surface area contributed by atoms with Crippen LogP contribution >= 0.6 is 27.3 Å². The molecule has 2 heterocycles. The predicted octanol–water partition coefficient (Wildman–Crippen LogP) is 3.28. The van der Waals surface area contributed by atoms with Gasteiger partial charge in [-0.05, 0) is 53.7 Å². The van der Waals surface area contributed by atoms with Crippen LogP contribution in [0, 0.1) is 0 Å². The zero-order valence-electron chi connectivity index (χ0n) is 9.69. The fourth-order valence-corrected chi connectivity index (χ4v) is 3.31. The highest BCUT2D eigenvalue weighted by atomic mass is 79.9. The first kappa shape index (κ1) is 12.7. The van der Waals surface area contributed by atoms with Gasteiger partial charge in [0.1, 0.15) is 0 Å². The van der Waals surface area contributed by atoms with Crippen molar-refractivity contribution >= 4 is 27.3 Å². The number of pyridine rings is 1. The third kappa shape index (κ3) is 3.91. The van der Waals surface area contributed by atoms with Gasteiger partial charge in [-0.2, -0.15) is 0 Å². The molecule has 0 spiro atoms. The van der Waals surface area contributed by atoms with E-state index in [2.05, 4.69) is 44.4 Å². The van der Waals surface area contributed by atoms with Crippen molar-refractivity contribution in [1.82, 2.24) is 10.3 Å². The Morgan fingerprint density at radius 3 is 2.76 bits per heavy atom. The lowest BCUT2D eigenvalue weighted by atomic mass is 10.1. The van der Waals surface area contributed by atoms with Crippen molar-refractivity contribution in [2.24, 2.45) is 0 Å². The summed E-state index contributed by atoms with van der Waals surface area (Å²) in [6.07, 6.45) is 3.86. The fraction of sp³-hybridized carbons (Fsp3) is 0.308. The average molecular weight is 311 g/mol. The molecule has 90 valence electrons. The minimum Gasteiger partial charge on any atom is -0.316 e. The van der Waals surface area contributed by atoms with Crippen molar-refractivity contribution in [3.8, 4) is 0 Å². The van der Waals surface area contributed by atoms with Crippen molar-refractivity contribution in [3.63, 3.8) is 0 Å². The van der Waals surface area contributed by atoms with E-state index >= 15 is 0 Å². The smallest absolute Gasteiger partial charge is 0.0701 e. The minimum atomic E-state index is 0.440. The Morgan fingerprint density at radius 2 is 2.18 bits per heavy atom. The highest BCUT2D eigenvalue weighted by Gasteiger charge is 2.10. The van der Waals surface area contributed by atoms with Gasteiger partial charge in [-0.1, -0.05) is 6.07 Å². The number of nitrogens with one attached hydrogen (secondary N) is 1. The molecule has 0 fully saturated rings. The van der Waals surface area contributed by atoms with Crippen LogP contribution in [0.15, 0.2) is 40.3 Å². The monoisotopic (exact) mass is 310 g/mol. The van der Waals surface area contributed by atoms with Crippen molar-refractivity contribution in [2.75, 3.05) is 7.05 Å². The standard InChI is InChI=1S/C13H15BrN2S/c1-15-11(8-10-4-2-3-7-16-10)9-12-5-6-13(14)17-12/h2-7,11,15H,8-9H2,1H3. The van der Waals surface area contributed by atoms with Crippen LogP contribution in [-0.2, 0) is 12.8 Å². The van der Waals surface area contributed by atoms with E-state index in [4.69, 9.17) is 0 Å². The molecule has 0 aliphatic carbocycles. The summed E-state index contributed by atoms with van der Waals surface area (Å²) in [7, 11) is 2.01. The summed E-state index contributed by atoms with van der Waals surface area (Å²) in [6.45, 7) is 0. The molecule has 0 amide bonds. The summed E-state index contributed by atoms with van der Waals surface area (Å²) in [5, 5.41) is 3.36. The summed E-state index contributed by atoms with van der Waals surface area (Å²) in [6, 6.07) is 10.8. The van der Waals surface area contributed by atoms with Gasteiger partial charge in [0.05, 0.1) is 3.79 Å². The van der Waals surface area contributed by atoms with Gasteiger partial charge in [0.15, 0.2) is 0 Å². The first-order valence-electron chi connectivity index (χ1n) is 5.59. The highest BCUT2D eigenvalue weighted by molar-refractivity contribution is 9.11. The number of hydrogen-bond donors (Lipinski definition) is 1. The van der Waals surface area contributed by atoms with Crippen molar-refractivity contribution in [3.05, 3.63) is 50.9 Å². The van der Waals surface area contributed by atoms with Crippen molar-refractivity contribution < 1.29 is 0 Å². The minimum absolute atomic E-state index is 0.440. The summed E-state index contributed by atoms with van der Waals surface area (Å²) < 4.78 is 1.19. The molecular formula is C13H15BrN2S.